The van der Waals surface area contributed by atoms with Crippen molar-refractivity contribution in [2.45, 2.75) is 58.3 Å². The summed E-state index contributed by atoms with van der Waals surface area (Å²) in [7, 11) is 0. The van der Waals surface area contributed by atoms with E-state index in [1.165, 1.54) is 5.56 Å². The third-order valence-corrected chi connectivity index (χ3v) is 3.95. The maximum absolute atomic E-state index is 11.6. The number of amides is 2. The molecule has 0 heterocycles. The van der Waals surface area contributed by atoms with Crippen molar-refractivity contribution in [3.63, 3.8) is 0 Å². The van der Waals surface area contributed by atoms with Gasteiger partial charge in [-0.3, -0.25) is 4.79 Å². The van der Waals surface area contributed by atoms with Crippen LogP contribution in [-0.2, 0) is 10.2 Å². The SMILES string of the molecule is CC(C)(C)c1ccc(OCCCNC(=O)NCCCCCC(=O)O)cc1. The molecule has 0 aromatic heterocycles. The highest BCUT2D eigenvalue weighted by Crippen LogP contribution is 2.24. The van der Waals surface area contributed by atoms with Crippen molar-refractivity contribution in [1.29, 1.82) is 0 Å². The lowest BCUT2D eigenvalue weighted by molar-refractivity contribution is -0.137. The first-order valence-corrected chi connectivity index (χ1v) is 9.26. The third-order valence-electron chi connectivity index (χ3n) is 3.95. The second-order valence-electron chi connectivity index (χ2n) is 7.36. The highest BCUT2D eigenvalue weighted by molar-refractivity contribution is 5.73. The molecule has 6 nitrogen and oxygen atoms in total. The number of hydrogen-bond acceptors (Lipinski definition) is 3. The van der Waals surface area contributed by atoms with Gasteiger partial charge in [0.2, 0.25) is 0 Å². The van der Waals surface area contributed by atoms with Gasteiger partial charge < -0.3 is 20.5 Å². The molecule has 0 fully saturated rings. The maximum Gasteiger partial charge on any atom is 0.314 e. The van der Waals surface area contributed by atoms with Gasteiger partial charge in [-0.05, 0) is 42.4 Å². The highest BCUT2D eigenvalue weighted by Gasteiger charge is 2.12. The first-order valence-electron chi connectivity index (χ1n) is 9.26. The number of nitrogens with one attached hydrogen (secondary N) is 2. The molecule has 0 atom stereocenters. The number of carbonyl (C=O) groups excluding carboxylic acids is 1. The number of urea groups is 1. The van der Waals surface area contributed by atoms with Gasteiger partial charge in [-0.25, -0.2) is 4.79 Å². The molecule has 0 aliphatic carbocycles. The van der Waals surface area contributed by atoms with Crippen LogP contribution < -0.4 is 15.4 Å². The minimum Gasteiger partial charge on any atom is -0.494 e. The molecule has 0 unspecified atom stereocenters. The molecular formula is C20H32N2O4. The van der Waals surface area contributed by atoms with Crippen molar-refractivity contribution in [1.82, 2.24) is 10.6 Å². The maximum atomic E-state index is 11.6. The minimum atomic E-state index is -0.775. The number of benzene rings is 1. The summed E-state index contributed by atoms with van der Waals surface area (Å²) in [5, 5.41) is 14.1. The van der Waals surface area contributed by atoms with E-state index in [-0.39, 0.29) is 17.9 Å². The summed E-state index contributed by atoms with van der Waals surface area (Å²) in [6.45, 7) is 8.18. The monoisotopic (exact) mass is 364 g/mol. The Bertz CT molecular complexity index is 550. The average molecular weight is 364 g/mol. The Kier molecular flexibility index (Phi) is 9.55. The smallest absolute Gasteiger partial charge is 0.314 e. The van der Waals surface area contributed by atoms with Crippen LogP contribution in [0.2, 0.25) is 0 Å². The molecule has 1 rings (SSSR count). The predicted molar refractivity (Wildman–Crippen MR) is 103 cm³/mol. The van der Waals surface area contributed by atoms with Crippen LogP contribution in [0.15, 0.2) is 24.3 Å². The molecule has 3 N–H and O–H groups in total. The summed E-state index contributed by atoms with van der Waals surface area (Å²) >= 11 is 0. The van der Waals surface area contributed by atoms with E-state index in [1.54, 1.807) is 0 Å². The zero-order valence-corrected chi connectivity index (χ0v) is 16.1. The number of aliphatic carboxylic acids is 1. The van der Waals surface area contributed by atoms with Crippen molar-refractivity contribution < 1.29 is 19.4 Å². The number of ether oxygens (including phenoxy) is 1. The number of carboxylic acids is 1. The molecule has 0 bridgehead atoms. The van der Waals surface area contributed by atoms with E-state index in [0.717, 1.165) is 25.0 Å². The largest absolute Gasteiger partial charge is 0.494 e. The molecule has 0 saturated heterocycles. The third kappa shape index (κ3) is 9.91. The van der Waals surface area contributed by atoms with Crippen molar-refractivity contribution in [3.05, 3.63) is 29.8 Å². The Morgan fingerprint density at radius 1 is 0.962 bits per heavy atom. The van der Waals surface area contributed by atoms with Crippen molar-refractivity contribution in [3.8, 4) is 5.75 Å². The van der Waals surface area contributed by atoms with Crippen LogP contribution in [0.4, 0.5) is 4.79 Å². The van der Waals surface area contributed by atoms with E-state index in [1.807, 2.05) is 12.1 Å². The molecule has 6 heteroatoms. The number of hydrogen-bond donors (Lipinski definition) is 3. The first-order chi connectivity index (χ1) is 12.3. The lowest BCUT2D eigenvalue weighted by Gasteiger charge is -2.19. The topological polar surface area (TPSA) is 87.7 Å². The molecule has 0 spiro atoms. The van der Waals surface area contributed by atoms with Gasteiger partial charge in [-0.2, -0.15) is 0 Å². The zero-order valence-electron chi connectivity index (χ0n) is 16.1. The zero-order chi connectivity index (χ0) is 19.4. The van der Waals surface area contributed by atoms with Crippen molar-refractivity contribution in [2.75, 3.05) is 19.7 Å². The Hall–Kier alpha value is -2.24. The van der Waals surface area contributed by atoms with Crippen LogP contribution >= 0.6 is 0 Å². The van der Waals surface area contributed by atoms with Gasteiger partial charge in [-0.15, -0.1) is 0 Å². The van der Waals surface area contributed by atoms with Gasteiger partial charge >= 0.3 is 12.0 Å². The first kappa shape index (κ1) is 21.8. The van der Waals surface area contributed by atoms with Crippen LogP contribution in [0.1, 0.15) is 58.4 Å². The van der Waals surface area contributed by atoms with Crippen LogP contribution in [0.25, 0.3) is 0 Å². The van der Waals surface area contributed by atoms with E-state index in [0.29, 0.717) is 26.1 Å². The van der Waals surface area contributed by atoms with Gasteiger partial charge in [0, 0.05) is 19.5 Å². The minimum absolute atomic E-state index is 0.131. The van der Waals surface area contributed by atoms with Crippen LogP contribution in [-0.4, -0.2) is 36.8 Å². The molecule has 2 amide bonds. The van der Waals surface area contributed by atoms with Crippen molar-refractivity contribution >= 4 is 12.0 Å². The molecule has 1 aromatic carbocycles. The Morgan fingerprint density at radius 2 is 1.58 bits per heavy atom. The van der Waals surface area contributed by atoms with Crippen LogP contribution in [0.3, 0.4) is 0 Å². The number of rotatable bonds is 11. The van der Waals surface area contributed by atoms with Crippen LogP contribution in [0, 0.1) is 0 Å². The van der Waals surface area contributed by atoms with Crippen LogP contribution in [0.5, 0.6) is 5.75 Å². The fourth-order valence-electron chi connectivity index (χ4n) is 2.36. The van der Waals surface area contributed by atoms with Gasteiger partial charge in [0.15, 0.2) is 0 Å². The second kappa shape index (κ2) is 11.4. The number of carboxylic acid groups (broad SMARTS) is 1. The predicted octanol–water partition coefficient (Wildman–Crippen LogP) is 3.70. The van der Waals surface area contributed by atoms with E-state index in [9.17, 15) is 9.59 Å². The summed E-state index contributed by atoms with van der Waals surface area (Å²) in [5.74, 6) is 0.0619. The second-order valence-corrected chi connectivity index (χ2v) is 7.36. The fourth-order valence-corrected chi connectivity index (χ4v) is 2.36. The molecule has 0 saturated carbocycles. The molecule has 0 radical (unpaired) electrons. The van der Waals surface area contributed by atoms with Gasteiger partial charge in [0.25, 0.3) is 0 Å². The Labute approximate surface area is 156 Å². The molecule has 1 aromatic rings. The normalized spacial score (nSPS) is 11.0. The lowest BCUT2D eigenvalue weighted by atomic mass is 9.87. The molecular weight excluding hydrogens is 332 g/mol. The Balaban J connectivity index is 2.04. The van der Waals surface area contributed by atoms with Gasteiger partial charge in [0.1, 0.15) is 5.75 Å². The molecule has 0 aliphatic heterocycles. The summed E-state index contributed by atoms with van der Waals surface area (Å²) in [4.78, 5) is 22.0. The van der Waals surface area contributed by atoms with E-state index < -0.39 is 5.97 Å². The average Bonchev–Trinajstić information content (AvgIpc) is 2.57. The van der Waals surface area contributed by atoms with Gasteiger partial charge in [-0.1, -0.05) is 39.3 Å². The molecule has 146 valence electrons. The number of carbonyl (C=O) groups is 2. The standard InChI is InChI=1S/C20H32N2O4/c1-20(2,3)16-9-11-17(12-10-16)26-15-7-14-22-19(25)21-13-6-4-5-8-18(23)24/h9-12H,4-8,13-15H2,1-3H3,(H,23,24)(H2,21,22,25). The lowest BCUT2D eigenvalue weighted by Crippen LogP contribution is -2.36. The summed E-state index contributed by atoms with van der Waals surface area (Å²) in [6.07, 6.45) is 3.15. The Morgan fingerprint density at radius 3 is 2.15 bits per heavy atom. The molecule has 26 heavy (non-hydrogen) atoms. The van der Waals surface area contributed by atoms with Gasteiger partial charge in [0.05, 0.1) is 6.61 Å². The highest BCUT2D eigenvalue weighted by atomic mass is 16.5. The van der Waals surface area contributed by atoms with E-state index >= 15 is 0 Å². The van der Waals surface area contributed by atoms with E-state index in [4.69, 9.17) is 9.84 Å². The van der Waals surface area contributed by atoms with Crippen molar-refractivity contribution in [2.24, 2.45) is 0 Å². The van der Waals surface area contributed by atoms with E-state index in [2.05, 4.69) is 43.5 Å². The molecule has 0 aliphatic rings. The number of unbranched alkanes of at least 4 members (excludes halogenated alkanes) is 2. The summed E-state index contributed by atoms with van der Waals surface area (Å²) in [5.41, 5.74) is 1.40. The quantitative estimate of drug-likeness (QED) is 0.523. The fraction of sp³-hybridized carbons (Fsp3) is 0.600. The summed E-state index contributed by atoms with van der Waals surface area (Å²) in [6, 6.07) is 7.92. The summed E-state index contributed by atoms with van der Waals surface area (Å²) < 4.78 is 5.68.